The number of nitrogens with zero attached hydrogens (tertiary/aromatic N) is 3. The third kappa shape index (κ3) is 5.98. The molecule has 0 bridgehead atoms. The second kappa shape index (κ2) is 11.7. The number of rotatable bonds is 10. The highest BCUT2D eigenvalue weighted by molar-refractivity contribution is 8.26. The number of hydrogen-bond acceptors (Lipinski definition) is 6. The molecule has 0 unspecified atom stereocenters. The number of thioether (sulfide) groups is 1. The van der Waals surface area contributed by atoms with Gasteiger partial charge in [-0.25, -0.2) is 4.68 Å². The number of amides is 1. The Morgan fingerprint density at radius 2 is 2.03 bits per heavy atom. The smallest absolute Gasteiger partial charge is 0.303 e. The van der Waals surface area contributed by atoms with E-state index < -0.39 is 5.97 Å². The van der Waals surface area contributed by atoms with Crippen LogP contribution in [0.15, 0.2) is 59.6 Å². The summed E-state index contributed by atoms with van der Waals surface area (Å²) in [7, 11) is 0. The number of halogens is 1. The van der Waals surface area contributed by atoms with Gasteiger partial charge in [-0.1, -0.05) is 60.7 Å². The third-order valence-electron chi connectivity index (χ3n) is 5.36. The van der Waals surface area contributed by atoms with Crippen molar-refractivity contribution in [2.45, 2.75) is 26.2 Å². The van der Waals surface area contributed by atoms with Gasteiger partial charge in [-0.2, -0.15) is 5.10 Å². The minimum Gasteiger partial charge on any atom is -0.492 e. The van der Waals surface area contributed by atoms with Crippen molar-refractivity contribution < 1.29 is 19.4 Å². The van der Waals surface area contributed by atoms with E-state index in [9.17, 15) is 9.59 Å². The molecule has 186 valence electrons. The molecule has 2 aromatic carbocycles. The number of carboxylic acids is 1. The summed E-state index contributed by atoms with van der Waals surface area (Å²) in [6.45, 7) is 2.86. The number of carbonyl (C=O) groups excluding carboxylic acids is 1. The molecule has 1 aromatic heterocycles. The van der Waals surface area contributed by atoms with Gasteiger partial charge in [-0.05, 0) is 49.2 Å². The first-order valence-corrected chi connectivity index (χ1v) is 13.0. The van der Waals surface area contributed by atoms with Gasteiger partial charge in [0.05, 0.1) is 22.2 Å². The lowest BCUT2D eigenvalue weighted by Crippen LogP contribution is -2.29. The van der Waals surface area contributed by atoms with Gasteiger partial charge in [-0.15, -0.1) is 0 Å². The Hall–Kier alpha value is -3.14. The zero-order valence-corrected chi connectivity index (χ0v) is 21.9. The molecular weight excluding hydrogens is 518 g/mol. The molecule has 4 rings (SSSR count). The number of aromatic nitrogens is 2. The van der Waals surface area contributed by atoms with Crippen LogP contribution >= 0.6 is 35.6 Å². The predicted octanol–water partition coefficient (Wildman–Crippen LogP) is 6.05. The van der Waals surface area contributed by atoms with Crippen LogP contribution in [0.3, 0.4) is 0 Å². The van der Waals surface area contributed by atoms with Crippen LogP contribution in [0, 0.1) is 0 Å². The first-order chi connectivity index (χ1) is 17.4. The molecule has 1 aliphatic heterocycles. The van der Waals surface area contributed by atoms with Crippen LogP contribution in [0.1, 0.15) is 31.7 Å². The monoisotopic (exact) mass is 541 g/mol. The summed E-state index contributed by atoms with van der Waals surface area (Å²) in [6, 6.07) is 15.2. The summed E-state index contributed by atoms with van der Waals surface area (Å²) in [5.74, 6) is -0.539. The topological polar surface area (TPSA) is 84.7 Å². The molecule has 1 N–H and O–H groups in total. The van der Waals surface area contributed by atoms with Crippen LogP contribution in [-0.4, -0.2) is 49.1 Å². The van der Waals surface area contributed by atoms with E-state index in [1.807, 2.05) is 55.6 Å². The molecular formula is C26H24ClN3O4S2. The Morgan fingerprint density at radius 3 is 2.72 bits per heavy atom. The fourth-order valence-corrected chi connectivity index (χ4v) is 5.16. The molecule has 1 fully saturated rings. The molecule has 7 nitrogen and oxygen atoms in total. The molecule has 2 heterocycles. The van der Waals surface area contributed by atoms with Crippen LogP contribution in [0.2, 0.25) is 5.02 Å². The highest BCUT2D eigenvalue weighted by Crippen LogP contribution is 2.36. The van der Waals surface area contributed by atoms with Gasteiger partial charge in [0.25, 0.3) is 5.91 Å². The molecule has 1 amide bonds. The number of para-hydroxylation sites is 1. The Labute approximate surface area is 223 Å². The Balaban J connectivity index is 1.70. The lowest BCUT2D eigenvalue weighted by atomic mass is 10.1. The maximum Gasteiger partial charge on any atom is 0.303 e. The second-order valence-corrected chi connectivity index (χ2v) is 10.1. The van der Waals surface area contributed by atoms with Crippen molar-refractivity contribution in [3.8, 4) is 22.7 Å². The van der Waals surface area contributed by atoms with Gasteiger partial charge in [0.15, 0.2) is 0 Å². The molecule has 0 spiro atoms. The van der Waals surface area contributed by atoms with Crippen LogP contribution in [0.25, 0.3) is 23.0 Å². The molecule has 0 atom stereocenters. The van der Waals surface area contributed by atoms with E-state index in [4.69, 9.17) is 38.8 Å². The predicted molar refractivity (Wildman–Crippen MR) is 147 cm³/mol. The minimum atomic E-state index is -0.904. The standard InChI is InChI=1S/C26H24ClN3O4S2/c1-2-13-34-21-11-10-17(14-20(21)27)24-18(16-30(28-24)19-7-4-3-5-8-19)15-22-25(33)29(26(35)36-22)12-6-9-23(31)32/h3-5,7-8,10-11,14-16H,2,6,9,12-13H2,1H3,(H,31,32)/b22-15-. The lowest BCUT2D eigenvalue weighted by molar-refractivity contribution is -0.137. The summed E-state index contributed by atoms with van der Waals surface area (Å²) >= 11 is 13.1. The van der Waals surface area contributed by atoms with Crippen LogP contribution in [0.4, 0.5) is 0 Å². The van der Waals surface area contributed by atoms with Gasteiger partial charge in [0.2, 0.25) is 0 Å². The number of aliphatic carboxylic acids is 1. The lowest BCUT2D eigenvalue weighted by Gasteiger charge is -2.13. The van der Waals surface area contributed by atoms with Crippen LogP contribution < -0.4 is 4.74 Å². The van der Waals surface area contributed by atoms with E-state index in [2.05, 4.69) is 0 Å². The number of benzene rings is 2. The number of carbonyl (C=O) groups is 2. The zero-order valence-electron chi connectivity index (χ0n) is 19.5. The summed E-state index contributed by atoms with van der Waals surface area (Å²) < 4.78 is 7.87. The number of ether oxygens (including phenoxy) is 1. The molecule has 10 heteroatoms. The van der Waals surface area contributed by atoms with Crippen molar-refractivity contribution in [1.82, 2.24) is 14.7 Å². The molecule has 36 heavy (non-hydrogen) atoms. The quantitative estimate of drug-likeness (QED) is 0.247. The molecule has 0 radical (unpaired) electrons. The van der Waals surface area contributed by atoms with Crippen molar-refractivity contribution in [1.29, 1.82) is 0 Å². The molecule has 1 aliphatic rings. The number of carboxylic acid groups (broad SMARTS) is 1. The summed E-state index contributed by atoms with van der Waals surface area (Å²) in [5, 5.41) is 14.2. The first kappa shape index (κ1) is 25.9. The van der Waals surface area contributed by atoms with Crippen molar-refractivity contribution in [2.24, 2.45) is 0 Å². The fourth-order valence-electron chi connectivity index (χ4n) is 3.63. The normalized spacial score (nSPS) is 14.6. The van der Waals surface area contributed by atoms with Crippen LogP contribution in [-0.2, 0) is 9.59 Å². The first-order valence-electron chi connectivity index (χ1n) is 11.4. The van der Waals surface area contributed by atoms with Crippen molar-refractivity contribution in [3.63, 3.8) is 0 Å². The molecule has 1 saturated heterocycles. The van der Waals surface area contributed by atoms with Gasteiger partial charge >= 0.3 is 5.97 Å². The second-order valence-electron chi connectivity index (χ2n) is 8.04. The van der Waals surface area contributed by atoms with E-state index in [1.54, 1.807) is 16.8 Å². The Kier molecular flexibility index (Phi) is 8.45. The summed E-state index contributed by atoms with van der Waals surface area (Å²) in [6.07, 6.45) is 4.81. The van der Waals surface area contributed by atoms with Gasteiger partial charge in [0, 0.05) is 30.3 Å². The number of thiocarbonyl (C=S) groups is 1. The Bertz CT molecular complexity index is 1320. The van der Waals surface area contributed by atoms with Gasteiger partial charge in [0.1, 0.15) is 15.8 Å². The zero-order chi connectivity index (χ0) is 25.7. The average Bonchev–Trinajstić information content (AvgIpc) is 3.40. The molecule has 0 aliphatic carbocycles. The number of hydrogen-bond donors (Lipinski definition) is 1. The van der Waals surface area contributed by atoms with Crippen molar-refractivity contribution >= 4 is 57.9 Å². The summed E-state index contributed by atoms with van der Waals surface area (Å²) in [5.41, 5.74) is 3.03. The average molecular weight is 542 g/mol. The Morgan fingerprint density at radius 1 is 1.25 bits per heavy atom. The van der Waals surface area contributed by atoms with E-state index >= 15 is 0 Å². The van der Waals surface area contributed by atoms with E-state index in [-0.39, 0.29) is 18.9 Å². The van der Waals surface area contributed by atoms with E-state index in [1.165, 1.54) is 16.7 Å². The molecule has 0 saturated carbocycles. The maximum atomic E-state index is 13.1. The largest absolute Gasteiger partial charge is 0.492 e. The van der Waals surface area contributed by atoms with Crippen molar-refractivity contribution in [3.05, 3.63) is 70.2 Å². The van der Waals surface area contributed by atoms with Crippen LogP contribution in [0.5, 0.6) is 5.75 Å². The highest BCUT2D eigenvalue weighted by atomic mass is 35.5. The van der Waals surface area contributed by atoms with E-state index in [0.29, 0.717) is 38.7 Å². The summed E-state index contributed by atoms with van der Waals surface area (Å²) in [4.78, 5) is 25.8. The fraction of sp³-hybridized carbons (Fsp3) is 0.231. The van der Waals surface area contributed by atoms with Crippen molar-refractivity contribution in [2.75, 3.05) is 13.2 Å². The highest BCUT2D eigenvalue weighted by Gasteiger charge is 2.32. The van der Waals surface area contributed by atoms with Gasteiger partial charge in [-0.3, -0.25) is 14.5 Å². The maximum absolute atomic E-state index is 13.1. The minimum absolute atomic E-state index is 0.0250. The third-order valence-corrected chi connectivity index (χ3v) is 7.04. The van der Waals surface area contributed by atoms with E-state index in [0.717, 1.165) is 23.2 Å². The molecule has 3 aromatic rings. The van der Waals surface area contributed by atoms with Gasteiger partial charge < -0.3 is 9.84 Å². The SMILES string of the molecule is CCCOc1ccc(-c2nn(-c3ccccc3)cc2/C=C2\SC(=S)N(CCCC(=O)O)C2=O)cc1Cl.